The lowest BCUT2D eigenvalue weighted by molar-refractivity contribution is -0.143. The lowest BCUT2D eigenvalue weighted by atomic mass is 10.0. The fraction of sp³-hybridized carbons (Fsp3) is 0.462. The number of anilines is 3. The van der Waals surface area contributed by atoms with Crippen LogP contribution < -0.4 is 10.2 Å². The lowest BCUT2D eigenvalue weighted by Gasteiger charge is -2.33. The Morgan fingerprint density at radius 3 is 2.94 bits per heavy atom. The molecule has 4 heterocycles. The van der Waals surface area contributed by atoms with Crippen molar-refractivity contribution >= 4 is 28.7 Å². The second kappa shape index (κ2) is 9.63. The maximum Gasteiger partial charge on any atom is 0.256 e. The molecule has 5 rings (SSSR count). The molecule has 1 amide bonds. The Labute approximate surface area is 194 Å². The van der Waals surface area contributed by atoms with Crippen molar-refractivity contribution in [2.75, 3.05) is 30.0 Å². The van der Waals surface area contributed by atoms with Gasteiger partial charge in [-0.25, -0.2) is 4.98 Å². The van der Waals surface area contributed by atoms with Gasteiger partial charge in [-0.1, -0.05) is 18.2 Å². The van der Waals surface area contributed by atoms with Crippen molar-refractivity contribution in [3.63, 3.8) is 0 Å². The van der Waals surface area contributed by atoms with Crippen molar-refractivity contribution in [2.45, 2.75) is 58.0 Å². The maximum atomic E-state index is 13.8. The Morgan fingerprint density at radius 2 is 2.18 bits per heavy atom. The number of hydrogen-bond donors (Lipinski definition) is 1. The summed E-state index contributed by atoms with van der Waals surface area (Å²) in [5.74, 6) is 0.751. The van der Waals surface area contributed by atoms with E-state index in [1.807, 2.05) is 36.9 Å². The van der Waals surface area contributed by atoms with Crippen LogP contribution in [0.15, 0.2) is 42.6 Å². The molecule has 7 heteroatoms. The van der Waals surface area contributed by atoms with Gasteiger partial charge in [-0.2, -0.15) is 0 Å². The maximum absolute atomic E-state index is 13.8. The van der Waals surface area contributed by atoms with Gasteiger partial charge in [0.2, 0.25) is 0 Å². The predicted octanol–water partition coefficient (Wildman–Crippen LogP) is 4.45. The number of amides is 1. The second-order valence-electron chi connectivity index (χ2n) is 9.07. The van der Waals surface area contributed by atoms with Gasteiger partial charge in [-0.05, 0) is 62.4 Å². The normalized spacial score (nSPS) is 22.6. The van der Waals surface area contributed by atoms with E-state index in [0.29, 0.717) is 26.2 Å². The smallest absolute Gasteiger partial charge is 0.256 e. The van der Waals surface area contributed by atoms with Crippen molar-refractivity contribution in [2.24, 2.45) is 0 Å². The van der Waals surface area contributed by atoms with E-state index in [1.165, 1.54) is 0 Å². The van der Waals surface area contributed by atoms with Crippen LogP contribution in [-0.2, 0) is 25.5 Å². The molecule has 1 saturated heterocycles. The van der Waals surface area contributed by atoms with Gasteiger partial charge in [0.25, 0.3) is 5.91 Å². The molecule has 174 valence electrons. The molecule has 33 heavy (non-hydrogen) atoms. The summed E-state index contributed by atoms with van der Waals surface area (Å²) < 4.78 is 17.6. The second-order valence-corrected chi connectivity index (χ2v) is 9.07. The van der Waals surface area contributed by atoms with Gasteiger partial charge < -0.3 is 24.4 Å². The number of carbonyl (C=O) groups excluding carboxylic acids is 1. The largest absolute Gasteiger partial charge is 0.376 e. The van der Waals surface area contributed by atoms with Crippen molar-refractivity contribution in [1.29, 1.82) is 0 Å². The van der Waals surface area contributed by atoms with Crippen LogP contribution in [0.3, 0.4) is 0 Å². The number of fused-ring (bicyclic) bond motifs is 2. The molecule has 7 nitrogen and oxygen atoms in total. The van der Waals surface area contributed by atoms with E-state index in [0.717, 1.165) is 53.3 Å². The van der Waals surface area contributed by atoms with Crippen LogP contribution in [-0.4, -0.2) is 49.0 Å². The van der Waals surface area contributed by atoms with Crippen LogP contribution in [0.2, 0.25) is 0 Å². The summed E-state index contributed by atoms with van der Waals surface area (Å²) in [6.07, 6.45) is 6.06. The highest BCUT2D eigenvalue weighted by Gasteiger charge is 2.34. The summed E-state index contributed by atoms with van der Waals surface area (Å²) in [4.78, 5) is 20.1. The first-order chi connectivity index (χ1) is 16.1. The van der Waals surface area contributed by atoms with Crippen LogP contribution in [0.1, 0.15) is 44.2 Å². The Kier molecular flexibility index (Phi) is 6.44. The molecule has 2 aromatic rings. The topological polar surface area (TPSA) is 72.9 Å². The number of hydrogen-bond acceptors (Lipinski definition) is 6. The van der Waals surface area contributed by atoms with E-state index >= 15 is 0 Å². The van der Waals surface area contributed by atoms with Gasteiger partial charge in [-0.3, -0.25) is 4.79 Å². The number of carbonyl (C=O) groups is 1. The lowest BCUT2D eigenvalue weighted by Crippen LogP contribution is -2.44. The summed E-state index contributed by atoms with van der Waals surface area (Å²) >= 11 is 0. The molecular formula is C26H31N3O4. The van der Waals surface area contributed by atoms with Crippen molar-refractivity contribution in [3.8, 4) is 0 Å². The van der Waals surface area contributed by atoms with Gasteiger partial charge in [0.15, 0.2) is 0 Å². The van der Waals surface area contributed by atoms with Gasteiger partial charge in [0.05, 0.1) is 49.9 Å². The Morgan fingerprint density at radius 1 is 1.27 bits per heavy atom. The first-order valence-electron chi connectivity index (χ1n) is 11.8. The van der Waals surface area contributed by atoms with Gasteiger partial charge in [0, 0.05) is 11.8 Å². The molecule has 1 aromatic carbocycles. The number of rotatable bonds is 4. The van der Waals surface area contributed by atoms with E-state index in [2.05, 4.69) is 28.5 Å². The molecule has 2 atom stereocenters. The van der Waals surface area contributed by atoms with Crippen LogP contribution >= 0.6 is 0 Å². The molecule has 1 fully saturated rings. The minimum absolute atomic E-state index is 0.0243. The molecule has 3 aliphatic heterocycles. The molecule has 1 aromatic heterocycles. The van der Waals surface area contributed by atoms with Crippen LogP contribution in [0, 0.1) is 0 Å². The summed E-state index contributed by atoms with van der Waals surface area (Å²) in [5, 5.41) is 3.43. The van der Waals surface area contributed by atoms with Crippen LogP contribution in [0.4, 0.5) is 17.2 Å². The van der Waals surface area contributed by atoms with Crippen molar-refractivity contribution in [1.82, 2.24) is 4.98 Å². The fourth-order valence-corrected chi connectivity index (χ4v) is 4.67. The quantitative estimate of drug-likeness (QED) is 0.744. The third kappa shape index (κ3) is 4.81. The van der Waals surface area contributed by atoms with Gasteiger partial charge in [-0.15, -0.1) is 0 Å². The summed E-state index contributed by atoms with van der Waals surface area (Å²) in [6, 6.07) is 10.1. The zero-order valence-electron chi connectivity index (χ0n) is 19.3. The van der Waals surface area contributed by atoms with Crippen LogP contribution in [0.5, 0.6) is 0 Å². The average molecular weight is 450 g/mol. The standard InChI is InChI=1S/C26H31N3O4/c1-17(2)33-21-8-10-24(32-16-21)26(30)29-14-19-5-3-11-27-25(19)28-22-9-7-18(13-23(22)29)20-6-4-12-31-15-20/h3,5-7,9,11,13,17,21,24H,4,8,10,12,14-16H2,1-2H3,(H,27,28)/t21-,24?/m0/s1. The Bertz CT molecular complexity index is 1040. The fourth-order valence-electron chi connectivity index (χ4n) is 4.67. The highest BCUT2D eigenvalue weighted by molar-refractivity contribution is 6.01. The number of benzene rings is 1. The third-order valence-electron chi connectivity index (χ3n) is 6.28. The van der Waals surface area contributed by atoms with E-state index in [1.54, 1.807) is 6.20 Å². The van der Waals surface area contributed by atoms with Crippen molar-refractivity contribution < 1.29 is 19.0 Å². The first kappa shape index (κ1) is 22.1. The summed E-state index contributed by atoms with van der Waals surface area (Å²) in [7, 11) is 0. The minimum atomic E-state index is -0.482. The van der Waals surface area contributed by atoms with E-state index < -0.39 is 6.10 Å². The van der Waals surface area contributed by atoms with E-state index in [9.17, 15) is 4.79 Å². The number of nitrogens with one attached hydrogen (secondary N) is 1. The SMILES string of the molecule is CC(C)O[C@H]1CCC(C(=O)N2Cc3cccnc3Nc3ccc(C4=CCCOC4)cc32)OC1. The van der Waals surface area contributed by atoms with E-state index in [-0.39, 0.29) is 18.1 Å². The zero-order chi connectivity index (χ0) is 22.8. The number of nitrogens with zero attached hydrogens (tertiary/aromatic N) is 2. The zero-order valence-corrected chi connectivity index (χ0v) is 19.3. The minimum Gasteiger partial charge on any atom is -0.376 e. The molecule has 0 radical (unpaired) electrons. The highest BCUT2D eigenvalue weighted by atomic mass is 16.5. The van der Waals surface area contributed by atoms with Crippen molar-refractivity contribution in [3.05, 3.63) is 53.7 Å². The summed E-state index contributed by atoms with van der Waals surface area (Å²) in [5.41, 5.74) is 4.89. The van der Waals surface area contributed by atoms with E-state index in [4.69, 9.17) is 14.2 Å². The molecule has 0 aliphatic carbocycles. The third-order valence-corrected chi connectivity index (χ3v) is 6.28. The molecule has 1 unspecified atom stereocenters. The monoisotopic (exact) mass is 449 g/mol. The number of ether oxygens (including phenoxy) is 3. The van der Waals surface area contributed by atoms with Crippen LogP contribution in [0.25, 0.3) is 5.57 Å². The van der Waals surface area contributed by atoms with Gasteiger partial charge in [0.1, 0.15) is 11.9 Å². The molecular weight excluding hydrogens is 418 g/mol. The summed E-state index contributed by atoms with van der Waals surface area (Å²) in [6.45, 7) is 6.26. The first-order valence-corrected chi connectivity index (χ1v) is 11.8. The average Bonchev–Trinajstić information content (AvgIpc) is 3.00. The molecule has 1 N–H and O–H groups in total. The Balaban J connectivity index is 1.45. The van der Waals surface area contributed by atoms with Gasteiger partial charge >= 0.3 is 0 Å². The number of pyridine rings is 1. The molecule has 0 spiro atoms. The Hall–Kier alpha value is -2.74. The molecule has 0 bridgehead atoms. The highest BCUT2D eigenvalue weighted by Crippen LogP contribution is 2.38. The molecule has 0 saturated carbocycles. The predicted molar refractivity (Wildman–Crippen MR) is 128 cm³/mol. The number of aromatic nitrogens is 1. The molecule has 3 aliphatic rings.